The van der Waals surface area contributed by atoms with E-state index in [1.807, 2.05) is 6.92 Å². The van der Waals surface area contributed by atoms with Crippen LogP contribution in [0.4, 0.5) is 0 Å². The lowest BCUT2D eigenvalue weighted by Gasteiger charge is -2.10. The van der Waals surface area contributed by atoms with Crippen molar-refractivity contribution in [3.8, 4) is 0 Å². The van der Waals surface area contributed by atoms with Crippen LogP contribution < -0.4 is 0 Å². The molecule has 12 heavy (non-hydrogen) atoms. The molecule has 1 N–H and O–H groups in total. The first-order valence-electron chi connectivity index (χ1n) is 3.49. The summed E-state index contributed by atoms with van der Waals surface area (Å²) in [5.41, 5.74) is 2.48. The molecule has 1 nitrogen and oxygen atoms in total. The fourth-order valence-electron chi connectivity index (χ4n) is 0.614. The smallest absolute Gasteiger partial charge is 0.115 e. The zero-order valence-electron chi connectivity index (χ0n) is 7.48. The fraction of sp³-hybridized carbons (Fsp3) is 0.0909. The molecule has 0 aromatic carbocycles. The van der Waals surface area contributed by atoms with Gasteiger partial charge in [-0.2, -0.15) is 0 Å². The Labute approximate surface area is 73.7 Å². The zero-order valence-corrected chi connectivity index (χ0v) is 7.48. The average Bonchev–Trinajstić information content (AvgIpc) is 2.00. The normalized spacial score (nSPS) is 8.75. The Bertz CT molecular complexity index is 251. The van der Waals surface area contributed by atoms with Crippen LogP contribution in [0.1, 0.15) is 6.92 Å². The van der Waals surface area contributed by atoms with E-state index in [2.05, 4.69) is 32.9 Å². The lowest BCUT2D eigenvalue weighted by Crippen LogP contribution is -1.93. The Morgan fingerprint density at radius 3 is 1.50 bits per heavy atom. The molecule has 0 aliphatic rings. The van der Waals surface area contributed by atoms with E-state index in [-0.39, 0.29) is 5.76 Å². The number of hydrogen-bond donors (Lipinski definition) is 1. The number of aliphatic hydroxyl groups excluding tert-OH is 1. The van der Waals surface area contributed by atoms with Crippen LogP contribution in [0.25, 0.3) is 0 Å². The molecule has 0 rings (SSSR count). The molecule has 0 bridgehead atoms. The van der Waals surface area contributed by atoms with E-state index in [1.54, 1.807) is 0 Å². The second-order valence-corrected chi connectivity index (χ2v) is 2.66. The first-order chi connectivity index (χ1) is 5.37. The second-order valence-electron chi connectivity index (χ2n) is 2.66. The van der Waals surface area contributed by atoms with Crippen molar-refractivity contribution in [1.29, 1.82) is 0 Å². The van der Waals surface area contributed by atoms with Crippen LogP contribution >= 0.6 is 0 Å². The molecular weight excluding hydrogens is 148 g/mol. The van der Waals surface area contributed by atoms with Gasteiger partial charge >= 0.3 is 0 Å². The Kier molecular flexibility index (Phi) is 3.30. The minimum Gasteiger partial charge on any atom is -0.508 e. The van der Waals surface area contributed by atoms with E-state index >= 15 is 0 Å². The highest BCUT2D eigenvalue weighted by molar-refractivity contribution is 5.55. The number of rotatable bonds is 4. The van der Waals surface area contributed by atoms with Gasteiger partial charge in [0.15, 0.2) is 0 Å². The lowest BCUT2D eigenvalue weighted by atomic mass is 9.97. The largest absolute Gasteiger partial charge is 0.508 e. The van der Waals surface area contributed by atoms with Gasteiger partial charge in [0.05, 0.1) is 0 Å². The summed E-state index contributed by atoms with van der Waals surface area (Å²) in [5.74, 6) is -0.0811. The van der Waals surface area contributed by atoms with E-state index in [0.29, 0.717) is 16.7 Å². The van der Waals surface area contributed by atoms with Gasteiger partial charge in [0.2, 0.25) is 0 Å². The summed E-state index contributed by atoms with van der Waals surface area (Å²) in [4.78, 5) is 0. The Morgan fingerprint density at radius 1 is 0.833 bits per heavy atom. The van der Waals surface area contributed by atoms with Gasteiger partial charge in [-0.15, -0.1) is 0 Å². The highest BCUT2D eigenvalue weighted by Gasteiger charge is 2.06. The lowest BCUT2D eigenvalue weighted by molar-refractivity contribution is 0.428. The summed E-state index contributed by atoms with van der Waals surface area (Å²) in [5, 5.41) is 9.00. The first-order valence-corrected chi connectivity index (χ1v) is 3.49. The molecule has 0 radical (unpaired) electrons. The standard InChI is InChI=1S/C11H14O/c1-7(2)8(3)9(4)10(5)11(6)12/h12H,1,3-6H2,2H3. The molecule has 1 heteroatoms. The molecule has 0 saturated heterocycles. The van der Waals surface area contributed by atoms with E-state index in [4.69, 9.17) is 5.11 Å². The third-order valence-electron chi connectivity index (χ3n) is 1.59. The van der Waals surface area contributed by atoms with Crippen molar-refractivity contribution in [3.63, 3.8) is 0 Å². The summed E-state index contributed by atoms with van der Waals surface area (Å²) in [6.45, 7) is 19.9. The minimum absolute atomic E-state index is 0.0811. The predicted molar refractivity (Wildman–Crippen MR) is 54.0 cm³/mol. The molecule has 0 unspecified atom stereocenters. The summed E-state index contributed by atoms with van der Waals surface area (Å²) in [6, 6.07) is 0. The van der Waals surface area contributed by atoms with Crippen LogP contribution in [0.3, 0.4) is 0 Å². The summed E-state index contributed by atoms with van der Waals surface area (Å²) < 4.78 is 0. The van der Waals surface area contributed by atoms with Crippen molar-refractivity contribution in [3.05, 3.63) is 60.9 Å². The van der Waals surface area contributed by atoms with Crippen molar-refractivity contribution in [2.24, 2.45) is 0 Å². The van der Waals surface area contributed by atoms with Gasteiger partial charge in [-0.3, -0.25) is 0 Å². The van der Waals surface area contributed by atoms with E-state index in [1.165, 1.54) is 0 Å². The molecule has 64 valence electrons. The molecule has 0 aromatic rings. The van der Waals surface area contributed by atoms with E-state index < -0.39 is 0 Å². The van der Waals surface area contributed by atoms with Crippen LogP contribution in [0, 0.1) is 0 Å². The topological polar surface area (TPSA) is 20.2 Å². The summed E-state index contributed by atoms with van der Waals surface area (Å²) >= 11 is 0. The van der Waals surface area contributed by atoms with Gasteiger partial charge in [-0.05, 0) is 18.1 Å². The third-order valence-corrected chi connectivity index (χ3v) is 1.59. The first kappa shape index (κ1) is 10.5. The maximum absolute atomic E-state index is 9.00. The van der Waals surface area contributed by atoms with Crippen LogP contribution in [0.2, 0.25) is 0 Å². The monoisotopic (exact) mass is 162 g/mol. The van der Waals surface area contributed by atoms with Crippen molar-refractivity contribution < 1.29 is 5.11 Å². The minimum atomic E-state index is -0.0811. The van der Waals surface area contributed by atoms with Gasteiger partial charge < -0.3 is 5.11 Å². The number of aliphatic hydroxyl groups is 1. The molecule has 0 fully saturated rings. The Balaban J connectivity index is 4.63. The quantitative estimate of drug-likeness (QED) is 0.496. The molecule has 0 atom stereocenters. The predicted octanol–water partition coefficient (Wildman–Crippen LogP) is 3.30. The van der Waals surface area contributed by atoms with E-state index in [9.17, 15) is 0 Å². The maximum Gasteiger partial charge on any atom is 0.115 e. The molecule has 0 aromatic heterocycles. The molecule has 0 heterocycles. The van der Waals surface area contributed by atoms with Crippen molar-refractivity contribution in [1.82, 2.24) is 0 Å². The van der Waals surface area contributed by atoms with Crippen LogP contribution in [-0.4, -0.2) is 5.11 Å². The van der Waals surface area contributed by atoms with Gasteiger partial charge in [0, 0.05) is 5.57 Å². The van der Waals surface area contributed by atoms with Gasteiger partial charge in [-0.1, -0.05) is 38.5 Å². The summed E-state index contributed by atoms with van der Waals surface area (Å²) in [7, 11) is 0. The summed E-state index contributed by atoms with van der Waals surface area (Å²) in [6.07, 6.45) is 0. The van der Waals surface area contributed by atoms with Gasteiger partial charge in [-0.25, -0.2) is 0 Å². The van der Waals surface area contributed by atoms with E-state index in [0.717, 1.165) is 5.57 Å². The Morgan fingerprint density at radius 2 is 1.25 bits per heavy atom. The molecule has 0 aliphatic heterocycles. The van der Waals surface area contributed by atoms with Crippen LogP contribution in [0.5, 0.6) is 0 Å². The highest BCUT2D eigenvalue weighted by Crippen LogP contribution is 2.23. The maximum atomic E-state index is 9.00. The molecule has 0 aliphatic carbocycles. The van der Waals surface area contributed by atoms with Crippen LogP contribution in [0.15, 0.2) is 60.9 Å². The van der Waals surface area contributed by atoms with Crippen molar-refractivity contribution in [2.75, 3.05) is 0 Å². The number of allylic oxidation sites excluding steroid dienone is 3. The highest BCUT2D eigenvalue weighted by atomic mass is 16.3. The van der Waals surface area contributed by atoms with Gasteiger partial charge in [0.25, 0.3) is 0 Å². The SMILES string of the molecule is C=C(C)C(=C)C(=C)C(=C)C(=C)O. The second kappa shape index (κ2) is 3.77. The van der Waals surface area contributed by atoms with Crippen molar-refractivity contribution in [2.45, 2.75) is 6.92 Å². The fourth-order valence-corrected chi connectivity index (χ4v) is 0.614. The molecule has 0 saturated carbocycles. The van der Waals surface area contributed by atoms with Crippen LogP contribution in [-0.2, 0) is 0 Å². The number of hydrogen-bond acceptors (Lipinski definition) is 1. The third kappa shape index (κ3) is 2.27. The van der Waals surface area contributed by atoms with Crippen molar-refractivity contribution >= 4 is 0 Å². The Hall–Kier alpha value is -1.50. The average molecular weight is 162 g/mol. The molecule has 0 spiro atoms. The molecular formula is C11H14O. The van der Waals surface area contributed by atoms with Gasteiger partial charge in [0.1, 0.15) is 5.76 Å². The molecule has 0 amide bonds. The zero-order chi connectivity index (χ0) is 9.89.